The normalized spacial score (nSPS) is 23.6. The summed E-state index contributed by atoms with van der Waals surface area (Å²) in [6, 6.07) is -19.8. The van der Waals surface area contributed by atoms with Crippen LogP contribution in [0.15, 0.2) is 24.3 Å². The number of carbonyl (C=O) groups is 1. The molecule has 0 aliphatic carbocycles. The Kier molecular flexibility index (Phi) is 6.28. The number of amides is 1. The first kappa shape index (κ1) is 27.7. The van der Waals surface area contributed by atoms with Crippen LogP contribution in [0.3, 0.4) is 0 Å². The molecule has 0 radical (unpaired) electrons. The fourth-order valence-electron chi connectivity index (χ4n) is 2.55. The number of hydrogen-bond donors (Lipinski definition) is 1. The Hall–Kier alpha value is -2.57. The zero-order valence-electron chi connectivity index (χ0n) is 15.8. The fourth-order valence-corrected chi connectivity index (χ4v) is 2.55. The third-order valence-corrected chi connectivity index (χ3v) is 4.27. The monoisotopic (exact) mass is 530 g/mol. The van der Waals surface area contributed by atoms with Crippen LogP contribution in [-0.4, -0.2) is 60.1 Å². The highest BCUT2D eigenvalue weighted by Crippen LogP contribution is 2.62. The summed E-state index contributed by atoms with van der Waals surface area (Å²) in [5.74, 6) is -3.76. The van der Waals surface area contributed by atoms with Crippen LogP contribution in [0.1, 0.15) is 0 Å². The lowest BCUT2D eigenvalue weighted by molar-refractivity contribution is -0.592. The second-order valence-electron chi connectivity index (χ2n) is 6.43. The number of anilines is 1. The molecule has 2 rings (SSSR count). The van der Waals surface area contributed by atoms with Crippen molar-refractivity contribution in [1.29, 1.82) is 0 Å². The third-order valence-electron chi connectivity index (χ3n) is 4.27. The lowest BCUT2D eigenvalue weighted by Gasteiger charge is -2.51. The summed E-state index contributed by atoms with van der Waals surface area (Å²) in [4.78, 5) is 7.80. The molecule has 0 spiro atoms. The largest absolute Gasteiger partial charge is 0.497 e. The van der Waals surface area contributed by atoms with Gasteiger partial charge in [0.25, 0.3) is 5.91 Å². The van der Waals surface area contributed by atoms with Gasteiger partial charge in [-0.3, -0.25) is 4.79 Å². The van der Waals surface area contributed by atoms with Crippen molar-refractivity contribution in [3.05, 3.63) is 24.3 Å². The molecule has 194 valence electrons. The predicted molar refractivity (Wildman–Crippen MR) is 79.2 cm³/mol. The van der Waals surface area contributed by atoms with Gasteiger partial charge in [0.05, 0.1) is 7.11 Å². The van der Waals surface area contributed by atoms with Crippen molar-refractivity contribution < 1.29 is 75.7 Å². The van der Waals surface area contributed by atoms with Gasteiger partial charge in [-0.2, -0.15) is 57.1 Å². The van der Waals surface area contributed by atoms with Crippen LogP contribution >= 0.6 is 0 Å². The predicted octanol–water partition coefficient (Wildman–Crippen LogP) is 5.20. The minimum absolute atomic E-state index is 0.0669. The van der Waals surface area contributed by atoms with Crippen molar-refractivity contribution in [2.24, 2.45) is 0 Å². The summed E-state index contributed by atoms with van der Waals surface area (Å²) in [5, 5.41) is 0.790. The van der Waals surface area contributed by atoms with Crippen LogP contribution in [0.25, 0.3) is 0 Å². The van der Waals surface area contributed by atoms with E-state index in [-0.39, 0.29) is 5.75 Å². The molecule has 1 aliphatic heterocycles. The first-order valence-corrected chi connectivity index (χ1v) is 8.11. The molecule has 1 fully saturated rings. The van der Waals surface area contributed by atoms with Crippen molar-refractivity contribution in [1.82, 2.24) is 4.90 Å². The van der Waals surface area contributed by atoms with Crippen LogP contribution in [0.5, 0.6) is 5.75 Å². The SMILES string of the molecule is COc1ccc(NC(=O)C(F)(C(F)(F)F)C(F)(F)N2C(F)(F)C(F)(F)OC(F)(F)C2(F)F)cc1. The number of morpholine rings is 1. The summed E-state index contributed by atoms with van der Waals surface area (Å²) in [7, 11) is 1.07. The molecule has 34 heavy (non-hydrogen) atoms. The molecule has 1 unspecified atom stereocenters. The van der Waals surface area contributed by atoms with Gasteiger partial charge in [0.1, 0.15) is 5.75 Å². The smallest absolute Gasteiger partial charge is 0.439 e. The number of hydrogen-bond acceptors (Lipinski definition) is 4. The van der Waals surface area contributed by atoms with Crippen LogP contribution in [0.2, 0.25) is 0 Å². The molecule has 5 nitrogen and oxygen atoms in total. The summed E-state index contributed by atoms with van der Waals surface area (Å²) in [6.07, 6.45) is -21.4. The Balaban J connectivity index is 2.71. The van der Waals surface area contributed by atoms with Gasteiger partial charge in [-0.1, -0.05) is 0 Å². The standard InChI is InChI=1S/C15H8F14N2O3/c1-33-7-4-2-6(3-5-7)30-8(32)9(16,10(17,18)19)11(20,21)31-12(22,23)14(26,27)34-15(28,29)13(31,24)25/h2-5H,1H3,(H,30,32). The van der Waals surface area contributed by atoms with E-state index in [2.05, 4.69) is 4.74 Å². The summed E-state index contributed by atoms with van der Waals surface area (Å²) in [5.41, 5.74) is -8.21. The minimum Gasteiger partial charge on any atom is -0.497 e. The first-order valence-electron chi connectivity index (χ1n) is 8.11. The zero-order chi connectivity index (χ0) is 26.8. The van der Waals surface area contributed by atoms with E-state index < -0.39 is 58.7 Å². The molecule has 1 N–H and O–H groups in total. The number of carbonyl (C=O) groups excluding carboxylic acids is 1. The van der Waals surface area contributed by atoms with Gasteiger partial charge < -0.3 is 10.1 Å². The van der Waals surface area contributed by atoms with E-state index in [1.807, 2.05) is 4.74 Å². The van der Waals surface area contributed by atoms with Crippen molar-refractivity contribution in [2.75, 3.05) is 12.4 Å². The number of ether oxygens (including phenoxy) is 2. The fraction of sp³-hybridized carbons (Fsp3) is 0.533. The summed E-state index contributed by atoms with van der Waals surface area (Å²) >= 11 is 0. The first-order chi connectivity index (χ1) is 15.0. The van der Waals surface area contributed by atoms with E-state index in [0.717, 1.165) is 24.6 Å². The maximum absolute atomic E-state index is 14.7. The molecule has 19 heteroatoms. The molecule has 0 aromatic heterocycles. The molecule has 0 saturated carbocycles. The van der Waals surface area contributed by atoms with Gasteiger partial charge in [0, 0.05) is 5.69 Å². The van der Waals surface area contributed by atoms with E-state index in [4.69, 9.17) is 0 Å². The number of nitrogens with one attached hydrogen (secondary N) is 1. The van der Waals surface area contributed by atoms with Crippen molar-refractivity contribution in [2.45, 2.75) is 42.2 Å². The van der Waals surface area contributed by atoms with E-state index >= 15 is 0 Å². The number of alkyl halides is 14. The molecule has 1 heterocycles. The summed E-state index contributed by atoms with van der Waals surface area (Å²) < 4.78 is 198. The highest BCUT2D eigenvalue weighted by atomic mass is 19.4. The second-order valence-corrected chi connectivity index (χ2v) is 6.43. The maximum atomic E-state index is 14.7. The van der Waals surface area contributed by atoms with E-state index in [9.17, 15) is 66.3 Å². The van der Waals surface area contributed by atoms with Crippen LogP contribution in [0, 0.1) is 0 Å². The number of halogens is 14. The highest BCUT2D eigenvalue weighted by molar-refractivity contribution is 5.98. The van der Waals surface area contributed by atoms with Gasteiger partial charge in [0.15, 0.2) is 0 Å². The van der Waals surface area contributed by atoms with E-state index in [1.54, 1.807) is 0 Å². The molecular formula is C15H8F14N2O3. The topological polar surface area (TPSA) is 50.8 Å². The van der Waals surface area contributed by atoms with Crippen LogP contribution < -0.4 is 10.1 Å². The third kappa shape index (κ3) is 3.77. The van der Waals surface area contributed by atoms with Crippen molar-refractivity contribution in [3.8, 4) is 5.75 Å². The van der Waals surface area contributed by atoms with Gasteiger partial charge in [-0.25, -0.2) is 9.13 Å². The van der Waals surface area contributed by atoms with Crippen molar-refractivity contribution >= 4 is 11.6 Å². The zero-order valence-corrected chi connectivity index (χ0v) is 15.8. The van der Waals surface area contributed by atoms with E-state index in [1.165, 1.54) is 0 Å². The molecule has 1 aromatic rings. The Bertz CT molecular complexity index is 907. The number of methoxy groups -OCH3 is 1. The van der Waals surface area contributed by atoms with Crippen LogP contribution in [-0.2, 0) is 9.53 Å². The minimum atomic E-state index is -7.80. The number of rotatable bonds is 5. The van der Waals surface area contributed by atoms with Gasteiger partial charge in [-0.05, 0) is 24.3 Å². The average molecular weight is 530 g/mol. The lowest BCUT2D eigenvalue weighted by Crippen LogP contribution is -2.82. The van der Waals surface area contributed by atoms with Gasteiger partial charge in [-0.15, -0.1) is 4.90 Å². The quantitative estimate of drug-likeness (QED) is 0.420. The second kappa shape index (κ2) is 7.72. The number of nitrogens with zero attached hydrogens (tertiary/aromatic N) is 1. The average Bonchev–Trinajstić information content (AvgIpc) is 2.64. The Morgan fingerprint density at radius 3 is 1.62 bits per heavy atom. The molecule has 1 aliphatic rings. The molecular weight excluding hydrogens is 522 g/mol. The summed E-state index contributed by atoms with van der Waals surface area (Å²) in [6.45, 7) is 0. The Labute approximate surface area is 178 Å². The Morgan fingerprint density at radius 2 is 1.26 bits per heavy atom. The van der Waals surface area contributed by atoms with Gasteiger partial charge in [0.2, 0.25) is 0 Å². The Morgan fingerprint density at radius 1 is 0.853 bits per heavy atom. The molecule has 1 aromatic carbocycles. The lowest BCUT2D eigenvalue weighted by atomic mass is 9.98. The molecule has 1 atom stereocenters. The number of benzene rings is 1. The molecule has 1 saturated heterocycles. The maximum Gasteiger partial charge on any atom is 0.439 e. The van der Waals surface area contributed by atoms with Gasteiger partial charge >= 0.3 is 42.2 Å². The highest BCUT2D eigenvalue weighted by Gasteiger charge is 2.92. The van der Waals surface area contributed by atoms with E-state index in [0.29, 0.717) is 12.1 Å². The van der Waals surface area contributed by atoms with Crippen molar-refractivity contribution in [3.63, 3.8) is 0 Å². The molecule has 1 amide bonds. The van der Waals surface area contributed by atoms with Crippen LogP contribution in [0.4, 0.5) is 67.2 Å². The molecule has 0 bridgehead atoms.